The highest BCUT2D eigenvalue weighted by atomic mass is 32.2. The second kappa shape index (κ2) is 7.53. The zero-order chi connectivity index (χ0) is 17.7. The molecule has 0 aliphatic heterocycles. The number of sulfone groups is 1. The van der Waals surface area contributed by atoms with Gasteiger partial charge in [-0.3, -0.25) is 4.79 Å². The van der Waals surface area contributed by atoms with Crippen molar-refractivity contribution >= 4 is 15.7 Å². The quantitative estimate of drug-likeness (QED) is 0.803. The number of H-pyrrole nitrogens is 1. The van der Waals surface area contributed by atoms with E-state index < -0.39 is 9.84 Å². The molecular formula is C17H22N2O4S. The summed E-state index contributed by atoms with van der Waals surface area (Å²) in [6.07, 6.45) is 2.49. The lowest BCUT2D eigenvalue weighted by atomic mass is 10.1. The maximum atomic E-state index is 12.7. The van der Waals surface area contributed by atoms with Gasteiger partial charge >= 0.3 is 0 Å². The number of nitrogens with one attached hydrogen (secondary N) is 2. The summed E-state index contributed by atoms with van der Waals surface area (Å²) in [5, 5.41) is 2.91. The summed E-state index contributed by atoms with van der Waals surface area (Å²) in [4.78, 5) is 15.8. The predicted octanol–water partition coefficient (Wildman–Crippen LogP) is 2.70. The predicted molar refractivity (Wildman–Crippen MR) is 92.0 cm³/mol. The third-order valence-corrected chi connectivity index (χ3v) is 5.60. The normalized spacial score (nSPS) is 12.6. The van der Waals surface area contributed by atoms with Crippen molar-refractivity contribution in [1.82, 2.24) is 10.3 Å². The average molecular weight is 350 g/mol. The highest BCUT2D eigenvalue weighted by molar-refractivity contribution is 7.91. The first kappa shape index (κ1) is 18.1. The Kier molecular flexibility index (Phi) is 5.66. The van der Waals surface area contributed by atoms with Gasteiger partial charge in [-0.2, -0.15) is 0 Å². The summed E-state index contributed by atoms with van der Waals surface area (Å²) in [5.41, 5.74) is 1.10. The van der Waals surface area contributed by atoms with Gasteiger partial charge in [0.25, 0.3) is 5.91 Å². The van der Waals surface area contributed by atoms with Crippen LogP contribution in [0.5, 0.6) is 5.75 Å². The average Bonchev–Trinajstić information content (AvgIpc) is 3.13. The SMILES string of the molecule is CCC(NC(=O)c1cc(S(=O)(=O)CC)ccc1OC)c1ccc[nH]1. The van der Waals surface area contributed by atoms with E-state index in [1.807, 2.05) is 19.1 Å². The number of methoxy groups -OCH3 is 1. The van der Waals surface area contributed by atoms with Crippen LogP contribution in [0.15, 0.2) is 41.4 Å². The van der Waals surface area contributed by atoms with E-state index in [4.69, 9.17) is 4.74 Å². The van der Waals surface area contributed by atoms with Gasteiger partial charge in [0.15, 0.2) is 9.84 Å². The van der Waals surface area contributed by atoms with Crippen LogP contribution >= 0.6 is 0 Å². The standard InChI is InChI=1S/C17H22N2O4S/c1-4-14(15-7-6-10-18-15)19-17(20)13-11-12(24(21,22)5-2)8-9-16(13)23-3/h6-11,14,18H,4-5H2,1-3H3,(H,19,20). The number of carbonyl (C=O) groups excluding carboxylic acids is 1. The third kappa shape index (κ3) is 3.79. The van der Waals surface area contributed by atoms with Gasteiger partial charge in [0.2, 0.25) is 0 Å². The lowest BCUT2D eigenvalue weighted by molar-refractivity contribution is 0.0931. The Morgan fingerprint density at radius 2 is 2.04 bits per heavy atom. The molecule has 1 amide bonds. The van der Waals surface area contributed by atoms with E-state index in [1.165, 1.54) is 25.3 Å². The topological polar surface area (TPSA) is 88.3 Å². The maximum absolute atomic E-state index is 12.7. The minimum absolute atomic E-state index is 0.0273. The minimum atomic E-state index is -3.40. The van der Waals surface area contributed by atoms with Crippen LogP contribution in [0.1, 0.15) is 42.4 Å². The monoisotopic (exact) mass is 350 g/mol. The Bertz CT molecular complexity index is 798. The first-order valence-electron chi connectivity index (χ1n) is 7.77. The molecule has 7 heteroatoms. The van der Waals surface area contributed by atoms with Gasteiger partial charge in [-0.25, -0.2) is 8.42 Å². The van der Waals surface area contributed by atoms with Crippen molar-refractivity contribution in [3.8, 4) is 5.75 Å². The largest absolute Gasteiger partial charge is 0.496 e. The Hall–Kier alpha value is -2.28. The molecule has 1 aromatic carbocycles. The molecule has 0 spiro atoms. The van der Waals surface area contributed by atoms with Gasteiger partial charge in [0, 0.05) is 11.9 Å². The van der Waals surface area contributed by atoms with Gasteiger partial charge in [0.1, 0.15) is 5.75 Å². The molecule has 2 N–H and O–H groups in total. The Morgan fingerprint density at radius 3 is 2.58 bits per heavy atom. The molecule has 0 saturated heterocycles. The Morgan fingerprint density at radius 1 is 1.29 bits per heavy atom. The molecule has 1 unspecified atom stereocenters. The molecule has 0 bridgehead atoms. The van der Waals surface area contributed by atoms with Crippen LogP contribution in [-0.4, -0.2) is 32.2 Å². The zero-order valence-electron chi connectivity index (χ0n) is 14.0. The van der Waals surface area contributed by atoms with E-state index in [9.17, 15) is 13.2 Å². The molecule has 24 heavy (non-hydrogen) atoms. The molecule has 0 aliphatic carbocycles. The van der Waals surface area contributed by atoms with Crippen molar-refractivity contribution in [2.45, 2.75) is 31.2 Å². The summed E-state index contributed by atoms with van der Waals surface area (Å²) in [7, 11) is -1.95. The van der Waals surface area contributed by atoms with E-state index >= 15 is 0 Å². The maximum Gasteiger partial charge on any atom is 0.255 e. The summed E-state index contributed by atoms with van der Waals surface area (Å²) in [6, 6.07) is 7.89. The smallest absolute Gasteiger partial charge is 0.255 e. The van der Waals surface area contributed by atoms with Gasteiger partial charge in [-0.1, -0.05) is 13.8 Å². The van der Waals surface area contributed by atoms with Crippen molar-refractivity contribution in [2.24, 2.45) is 0 Å². The van der Waals surface area contributed by atoms with Gasteiger partial charge in [-0.05, 0) is 36.8 Å². The van der Waals surface area contributed by atoms with E-state index in [1.54, 1.807) is 13.1 Å². The highest BCUT2D eigenvalue weighted by Gasteiger charge is 2.21. The fourth-order valence-corrected chi connectivity index (χ4v) is 3.33. The summed E-state index contributed by atoms with van der Waals surface area (Å²) in [5.74, 6) is -0.0641. The van der Waals surface area contributed by atoms with Crippen molar-refractivity contribution in [2.75, 3.05) is 12.9 Å². The molecule has 2 aromatic rings. The first-order chi connectivity index (χ1) is 11.4. The highest BCUT2D eigenvalue weighted by Crippen LogP contribution is 2.24. The minimum Gasteiger partial charge on any atom is -0.496 e. The number of aromatic nitrogens is 1. The van der Waals surface area contributed by atoms with Gasteiger partial charge in [0.05, 0.1) is 29.4 Å². The molecule has 0 aliphatic rings. The van der Waals surface area contributed by atoms with Crippen LogP contribution in [0, 0.1) is 0 Å². The summed E-state index contributed by atoms with van der Waals surface area (Å²) < 4.78 is 29.3. The van der Waals surface area contributed by atoms with Crippen LogP contribution in [0.4, 0.5) is 0 Å². The molecule has 6 nitrogen and oxygen atoms in total. The van der Waals surface area contributed by atoms with E-state index in [2.05, 4.69) is 10.3 Å². The van der Waals surface area contributed by atoms with Crippen LogP contribution < -0.4 is 10.1 Å². The van der Waals surface area contributed by atoms with E-state index in [0.717, 1.165) is 5.69 Å². The first-order valence-corrected chi connectivity index (χ1v) is 9.43. The zero-order valence-corrected chi connectivity index (χ0v) is 14.8. The van der Waals surface area contributed by atoms with Crippen molar-refractivity contribution in [3.63, 3.8) is 0 Å². The summed E-state index contributed by atoms with van der Waals surface area (Å²) in [6.45, 7) is 3.53. The second-order valence-electron chi connectivity index (χ2n) is 5.33. The van der Waals surface area contributed by atoms with Crippen LogP contribution in [0.2, 0.25) is 0 Å². The number of amides is 1. The molecule has 1 atom stereocenters. The Labute approximate surface area is 142 Å². The van der Waals surface area contributed by atoms with Crippen molar-refractivity contribution < 1.29 is 17.9 Å². The molecule has 0 radical (unpaired) electrons. The van der Waals surface area contributed by atoms with Crippen molar-refractivity contribution in [3.05, 3.63) is 47.8 Å². The molecule has 1 heterocycles. The Balaban J connectivity index is 2.35. The van der Waals surface area contributed by atoms with E-state index in [-0.39, 0.29) is 28.2 Å². The number of carbonyl (C=O) groups is 1. The van der Waals surface area contributed by atoms with Crippen LogP contribution in [0.25, 0.3) is 0 Å². The number of hydrogen-bond acceptors (Lipinski definition) is 4. The molecule has 0 fully saturated rings. The number of rotatable bonds is 7. The lowest BCUT2D eigenvalue weighted by Crippen LogP contribution is -2.29. The number of ether oxygens (including phenoxy) is 1. The fourth-order valence-electron chi connectivity index (χ4n) is 2.42. The van der Waals surface area contributed by atoms with Crippen molar-refractivity contribution in [1.29, 1.82) is 0 Å². The molecule has 130 valence electrons. The lowest BCUT2D eigenvalue weighted by Gasteiger charge is -2.17. The number of benzene rings is 1. The third-order valence-electron chi connectivity index (χ3n) is 3.87. The number of aromatic amines is 1. The molecule has 2 rings (SSSR count). The van der Waals surface area contributed by atoms with Gasteiger partial charge < -0.3 is 15.0 Å². The number of hydrogen-bond donors (Lipinski definition) is 2. The summed E-state index contributed by atoms with van der Waals surface area (Å²) >= 11 is 0. The fraction of sp³-hybridized carbons (Fsp3) is 0.353. The van der Waals surface area contributed by atoms with Crippen LogP contribution in [0.3, 0.4) is 0 Å². The van der Waals surface area contributed by atoms with E-state index in [0.29, 0.717) is 12.2 Å². The molecule has 1 aromatic heterocycles. The molecular weight excluding hydrogens is 328 g/mol. The molecule has 0 saturated carbocycles. The second-order valence-corrected chi connectivity index (χ2v) is 7.60. The van der Waals surface area contributed by atoms with Crippen LogP contribution in [-0.2, 0) is 9.84 Å². The van der Waals surface area contributed by atoms with Gasteiger partial charge in [-0.15, -0.1) is 0 Å².